The SMILES string of the molecule is CNC1CCN(c2cccc(Cl)c2Cl)C1=O. The molecule has 1 N–H and O–H groups in total. The van der Waals surface area contributed by atoms with Gasteiger partial charge in [0.1, 0.15) is 0 Å². The number of anilines is 1. The molecular formula is C11H12Cl2N2O. The van der Waals surface area contributed by atoms with Crippen molar-refractivity contribution >= 4 is 34.8 Å². The highest BCUT2D eigenvalue weighted by Crippen LogP contribution is 2.34. The Labute approximate surface area is 104 Å². The Bertz CT molecular complexity index is 422. The number of carbonyl (C=O) groups excluding carboxylic acids is 1. The van der Waals surface area contributed by atoms with Gasteiger partial charge in [-0.1, -0.05) is 29.3 Å². The number of hydrogen-bond acceptors (Lipinski definition) is 2. The van der Waals surface area contributed by atoms with E-state index in [0.717, 1.165) is 6.42 Å². The minimum Gasteiger partial charge on any atom is -0.309 e. The molecule has 1 fully saturated rings. The molecule has 0 spiro atoms. The second-order valence-corrected chi connectivity index (χ2v) is 4.48. The molecule has 1 aromatic rings. The first-order valence-corrected chi connectivity index (χ1v) is 5.83. The Morgan fingerprint density at radius 2 is 2.19 bits per heavy atom. The van der Waals surface area contributed by atoms with E-state index in [1.54, 1.807) is 24.1 Å². The molecule has 1 unspecified atom stereocenters. The zero-order chi connectivity index (χ0) is 11.7. The molecule has 0 aliphatic carbocycles. The lowest BCUT2D eigenvalue weighted by molar-refractivity contribution is -0.118. The predicted molar refractivity (Wildman–Crippen MR) is 66.3 cm³/mol. The normalized spacial score (nSPS) is 20.6. The van der Waals surface area contributed by atoms with E-state index in [0.29, 0.717) is 22.3 Å². The lowest BCUT2D eigenvalue weighted by Crippen LogP contribution is -2.36. The summed E-state index contributed by atoms with van der Waals surface area (Å²) in [4.78, 5) is 13.6. The van der Waals surface area contributed by atoms with Gasteiger partial charge in [-0.05, 0) is 25.6 Å². The number of nitrogens with one attached hydrogen (secondary N) is 1. The first-order valence-electron chi connectivity index (χ1n) is 5.08. The lowest BCUT2D eigenvalue weighted by atomic mass is 10.2. The van der Waals surface area contributed by atoms with Crippen molar-refractivity contribution in [1.29, 1.82) is 0 Å². The molecule has 0 aromatic heterocycles. The zero-order valence-electron chi connectivity index (χ0n) is 8.84. The average molecular weight is 259 g/mol. The van der Waals surface area contributed by atoms with E-state index in [9.17, 15) is 4.79 Å². The summed E-state index contributed by atoms with van der Waals surface area (Å²) in [6.45, 7) is 0.671. The van der Waals surface area contributed by atoms with Gasteiger partial charge in [0, 0.05) is 6.54 Å². The summed E-state index contributed by atoms with van der Waals surface area (Å²) in [6, 6.07) is 5.20. The number of hydrogen-bond donors (Lipinski definition) is 1. The predicted octanol–water partition coefficient (Wildman–Crippen LogP) is 2.32. The van der Waals surface area contributed by atoms with Crippen molar-refractivity contribution in [2.45, 2.75) is 12.5 Å². The van der Waals surface area contributed by atoms with E-state index >= 15 is 0 Å². The van der Waals surface area contributed by atoms with Crippen LogP contribution in [0.2, 0.25) is 10.0 Å². The van der Waals surface area contributed by atoms with E-state index in [2.05, 4.69) is 5.32 Å². The van der Waals surface area contributed by atoms with Crippen LogP contribution in [0.25, 0.3) is 0 Å². The van der Waals surface area contributed by atoms with Crippen molar-refractivity contribution in [2.24, 2.45) is 0 Å². The molecule has 0 radical (unpaired) electrons. The minimum atomic E-state index is -0.116. The number of likely N-dealkylation sites (N-methyl/N-ethyl adjacent to an activating group) is 1. The Morgan fingerprint density at radius 1 is 1.44 bits per heavy atom. The lowest BCUT2D eigenvalue weighted by Gasteiger charge is -2.18. The van der Waals surface area contributed by atoms with Gasteiger partial charge >= 0.3 is 0 Å². The molecule has 5 heteroatoms. The average Bonchev–Trinajstić information content (AvgIpc) is 2.64. The van der Waals surface area contributed by atoms with Crippen molar-refractivity contribution in [2.75, 3.05) is 18.5 Å². The molecule has 1 aliphatic rings. The molecule has 1 heterocycles. The van der Waals surface area contributed by atoms with Crippen LogP contribution < -0.4 is 10.2 Å². The van der Waals surface area contributed by atoms with Crippen molar-refractivity contribution in [3.63, 3.8) is 0 Å². The molecule has 1 aromatic carbocycles. The number of carbonyl (C=O) groups is 1. The number of benzene rings is 1. The van der Waals surface area contributed by atoms with Crippen molar-refractivity contribution in [3.8, 4) is 0 Å². The highest BCUT2D eigenvalue weighted by atomic mass is 35.5. The van der Waals surface area contributed by atoms with Gasteiger partial charge in [0.05, 0.1) is 21.8 Å². The largest absolute Gasteiger partial charge is 0.309 e. The van der Waals surface area contributed by atoms with Gasteiger partial charge in [0.2, 0.25) is 5.91 Å². The summed E-state index contributed by atoms with van der Waals surface area (Å²) in [5.74, 6) is 0.0478. The Balaban J connectivity index is 2.32. The summed E-state index contributed by atoms with van der Waals surface area (Å²) >= 11 is 12.0. The first kappa shape index (κ1) is 11.7. The fourth-order valence-electron chi connectivity index (χ4n) is 1.89. The van der Waals surface area contributed by atoms with Crippen LogP contribution in [0.5, 0.6) is 0 Å². The van der Waals surface area contributed by atoms with E-state index in [1.807, 2.05) is 6.07 Å². The van der Waals surface area contributed by atoms with Gasteiger partial charge in [-0.25, -0.2) is 0 Å². The number of rotatable bonds is 2. The zero-order valence-corrected chi connectivity index (χ0v) is 10.3. The van der Waals surface area contributed by atoms with Crippen LogP contribution in [-0.2, 0) is 4.79 Å². The van der Waals surface area contributed by atoms with Crippen LogP contribution in [0, 0.1) is 0 Å². The van der Waals surface area contributed by atoms with E-state index in [-0.39, 0.29) is 11.9 Å². The van der Waals surface area contributed by atoms with Crippen LogP contribution in [0.1, 0.15) is 6.42 Å². The first-order chi connectivity index (χ1) is 7.65. The summed E-state index contributed by atoms with van der Waals surface area (Å²) in [5.41, 5.74) is 0.692. The Kier molecular flexibility index (Phi) is 3.38. The summed E-state index contributed by atoms with van der Waals surface area (Å²) < 4.78 is 0. The van der Waals surface area contributed by atoms with Crippen molar-refractivity contribution in [1.82, 2.24) is 5.32 Å². The highest BCUT2D eigenvalue weighted by Gasteiger charge is 2.32. The van der Waals surface area contributed by atoms with Gasteiger partial charge in [0.25, 0.3) is 0 Å². The topological polar surface area (TPSA) is 32.3 Å². The van der Waals surface area contributed by atoms with Crippen LogP contribution >= 0.6 is 23.2 Å². The standard InChI is InChI=1S/C11H12Cl2N2O/c1-14-8-5-6-15(11(8)16)9-4-2-3-7(12)10(9)13/h2-4,8,14H,5-6H2,1H3. The fourth-order valence-corrected chi connectivity index (χ4v) is 2.29. The number of nitrogens with zero attached hydrogens (tertiary/aromatic N) is 1. The van der Waals surface area contributed by atoms with Crippen LogP contribution in [-0.4, -0.2) is 25.5 Å². The maximum absolute atomic E-state index is 12.0. The molecule has 1 saturated heterocycles. The van der Waals surface area contributed by atoms with E-state index in [4.69, 9.17) is 23.2 Å². The minimum absolute atomic E-state index is 0.0478. The van der Waals surface area contributed by atoms with Crippen LogP contribution in [0.4, 0.5) is 5.69 Å². The molecule has 86 valence electrons. The Hall–Kier alpha value is -0.770. The maximum Gasteiger partial charge on any atom is 0.244 e. The number of halogens is 2. The maximum atomic E-state index is 12.0. The van der Waals surface area contributed by atoms with Crippen molar-refractivity contribution in [3.05, 3.63) is 28.2 Å². The summed E-state index contributed by atoms with van der Waals surface area (Å²) in [7, 11) is 1.78. The second kappa shape index (κ2) is 4.62. The smallest absolute Gasteiger partial charge is 0.244 e. The van der Waals surface area contributed by atoms with E-state index < -0.39 is 0 Å². The molecule has 3 nitrogen and oxygen atoms in total. The third kappa shape index (κ3) is 1.90. The molecule has 16 heavy (non-hydrogen) atoms. The monoisotopic (exact) mass is 258 g/mol. The van der Waals surface area contributed by atoms with Crippen LogP contribution in [0.3, 0.4) is 0 Å². The number of amides is 1. The van der Waals surface area contributed by atoms with Gasteiger partial charge in [-0.3, -0.25) is 4.79 Å². The van der Waals surface area contributed by atoms with Crippen LogP contribution in [0.15, 0.2) is 18.2 Å². The molecular weight excluding hydrogens is 247 g/mol. The van der Waals surface area contributed by atoms with Gasteiger partial charge in [-0.15, -0.1) is 0 Å². The van der Waals surface area contributed by atoms with E-state index in [1.165, 1.54) is 0 Å². The molecule has 1 aliphatic heterocycles. The Morgan fingerprint density at radius 3 is 2.81 bits per heavy atom. The van der Waals surface area contributed by atoms with Gasteiger partial charge < -0.3 is 10.2 Å². The fraction of sp³-hybridized carbons (Fsp3) is 0.364. The third-order valence-electron chi connectivity index (χ3n) is 2.78. The molecule has 1 amide bonds. The van der Waals surface area contributed by atoms with Crippen molar-refractivity contribution < 1.29 is 4.79 Å². The van der Waals surface area contributed by atoms with Gasteiger partial charge in [-0.2, -0.15) is 0 Å². The molecule has 0 saturated carbocycles. The third-order valence-corrected chi connectivity index (χ3v) is 3.58. The summed E-state index contributed by atoms with van der Waals surface area (Å²) in [5, 5.41) is 3.89. The highest BCUT2D eigenvalue weighted by molar-refractivity contribution is 6.44. The molecule has 2 rings (SSSR count). The molecule has 0 bridgehead atoms. The molecule has 1 atom stereocenters. The quantitative estimate of drug-likeness (QED) is 0.883. The van der Waals surface area contributed by atoms with Gasteiger partial charge in [0.15, 0.2) is 0 Å². The second-order valence-electron chi connectivity index (χ2n) is 3.69. The summed E-state index contributed by atoms with van der Waals surface area (Å²) in [6.07, 6.45) is 0.790.